The number of nitrogens with zero attached hydrogens (tertiary/aromatic N) is 1. The highest BCUT2D eigenvalue weighted by atomic mass is 16.5. The SMILES string of the molecule is COC[C@@H]1[C@H](NC(=O)c2cccn2C)[C@H]2CCO[C@H]21. The summed E-state index contributed by atoms with van der Waals surface area (Å²) in [5, 5.41) is 3.15. The molecule has 1 aromatic rings. The molecule has 1 saturated carbocycles. The molecule has 0 bridgehead atoms. The van der Waals surface area contributed by atoms with Crippen LogP contribution >= 0.6 is 0 Å². The molecule has 2 aliphatic rings. The van der Waals surface area contributed by atoms with Crippen LogP contribution in [0.1, 0.15) is 16.9 Å². The maximum Gasteiger partial charge on any atom is 0.268 e. The Kier molecular flexibility index (Phi) is 3.33. The Morgan fingerprint density at radius 3 is 3.16 bits per heavy atom. The second kappa shape index (κ2) is 4.98. The van der Waals surface area contributed by atoms with Crippen LogP contribution in [0, 0.1) is 11.8 Å². The van der Waals surface area contributed by atoms with E-state index < -0.39 is 0 Å². The summed E-state index contributed by atoms with van der Waals surface area (Å²) in [6.07, 6.45) is 3.17. The van der Waals surface area contributed by atoms with Crippen LogP contribution < -0.4 is 5.32 Å². The topological polar surface area (TPSA) is 52.5 Å². The van der Waals surface area contributed by atoms with Crippen LogP contribution in [0.5, 0.6) is 0 Å². The van der Waals surface area contributed by atoms with Gasteiger partial charge in [-0.05, 0) is 18.6 Å². The van der Waals surface area contributed by atoms with Gasteiger partial charge in [0.05, 0.1) is 12.7 Å². The summed E-state index contributed by atoms with van der Waals surface area (Å²) >= 11 is 0. The molecule has 1 N–H and O–H groups in total. The van der Waals surface area contributed by atoms with Gasteiger partial charge in [-0.25, -0.2) is 0 Å². The lowest BCUT2D eigenvalue weighted by molar-refractivity contribution is -0.0810. The molecular weight excluding hydrogens is 244 g/mol. The third-order valence-corrected chi connectivity index (χ3v) is 4.36. The van der Waals surface area contributed by atoms with E-state index in [1.165, 1.54) is 0 Å². The van der Waals surface area contributed by atoms with Crippen LogP contribution in [0.2, 0.25) is 0 Å². The zero-order valence-corrected chi connectivity index (χ0v) is 11.3. The molecule has 0 unspecified atom stereocenters. The minimum absolute atomic E-state index is 0.0102. The third kappa shape index (κ3) is 2.07. The molecule has 1 saturated heterocycles. The molecule has 104 valence electrons. The number of nitrogens with one attached hydrogen (secondary N) is 1. The lowest BCUT2D eigenvalue weighted by Gasteiger charge is -2.47. The Labute approximate surface area is 112 Å². The van der Waals surface area contributed by atoms with Crippen molar-refractivity contribution in [3.8, 4) is 0 Å². The number of hydrogen-bond donors (Lipinski definition) is 1. The maximum absolute atomic E-state index is 12.3. The van der Waals surface area contributed by atoms with E-state index in [1.54, 1.807) is 7.11 Å². The van der Waals surface area contributed by atoms with Crippen molar-refractivity contribution < 1.29 is 14.3 Å². The Morgan fingerprint density at radius 1 is 1.63 bits per heavy atom. The van der Waals surface area contributed by atoms with Gasteiger partial charge in [0.1, 0.15) is 5.69 Å². The average molecular weight is 264 g/mol. The molecule has 1 aliphatic carbocycles. The van der Waals surface area contributed by atoms with Crippen LogP contribution in [0.15, 0.2) is 18.3 Å². The van der Waals surface area contributed by atoms with Gasteiger partial charge in [-0.1, -0.05) is 0 Å². The summed E-state index contributed by atoms with van der Waals surface area (Å²) < 4.78 is 12.8. The largest absolute Gasteiger partial charge is 0.384 e. The predicted molar refractivity (Wildman–Crippen MR) is 69.9 cm³/mol. The van der Waals surface area contributed by atoms with Crippen LogP contribution in [-0.4, -0.2) is 42.9 Å². The average Bonchev–Trinajstić information content (AvgIpc) is 2.99. The van der Waals surface area contributed by atoms with Crippen LogP contribution in [0.3, 0.4) is 0 Å². The zero-order chi connectivity index (χ0) is 13.4. The number of carbonyl (C=O) groups is 1. The molecule has 0 aromatic carbocycles. The molecular formula is C14H20N2O3. The standard InChI is InChI=1S/C14H20N2O3/c1-16-6-3-4-11(16)14(17)15-12-9-5-7-19-13(9)10(12)8-18-2/h3-4,6,9-10,12-13H,5,7-8H2,1-2H3,(H,15,17)/t9-,10-,12-,13-/m1/s1. The maximum atomic E-state index is 12.3. The molecule has 0 spiro atoms. The molecule has 0 radical (unpaired) electrons. The molecule has 2 heterocycles. The van der Waals surface area contributed by atoms with Gasteiger partial charge in [0, 0.05) is 44.8 Å². The Balaban J connectivity index is 1.68. The fourth-order valence-corrected chi connectivity index (χ4v) is 3.36. The molecule has 1 aromatic heterocycles. The lowest BCUT2D eigenvalue weighted by atomic mass is 9.67. The second-order valence-corrected chi connectivity index (χ2v) is 5.41. The summed E-state index contributed by atoms with van der Waals surface area (Å²) in [4.78, 5) is 12.3. The van der Waals surface area contributed by atoms with Crippen LogP contribution in [0.25, 0.3) is 0 Å². The van der Waals surface area contributed by atoms with Gasteiger partial charge in [0.15, 0.2) is 0 Å². The molecule has 3 rings (SSSR count). The molecule has 19 heavy (non-hydrogen) atoms. The van der Waals surface area contributed by atoms with E-state index in [0.717, 1.165) is 13.0 Å². The number of rotatable bonds is 4. The number of carbonyl (C=O) groups excluding carboxylic acids is 1. The summed E-state index contributed by atoms with van der Waals surface area (Å²) in [6, 6.07) is 3.89. The zero-order valence-electron chi connectivity index (χ0n) is 11.3. The Hall–Kier alpha value is -1.33. The van der Waals surface area contributed by atoms with E-state index in [-0.39, 0.29) is 24.0 Å². The number of hydrogen-bond acceptors (Lipinski definition) is 3. The highest BCUT2D eigenvalue weighted by Crippen LogP contribution is 2.43. The smallest absolute Gasteiger partial charge is 0.268 e. The number of ether oxygens (including phenoxy) is 2. The first kappa shape index (κ1) is 12.7. The minimum atomic E-state index is -0.0102. The minimum Gasteiger partial charge on any atom is -0.384 e. The predicted octanol–water partition coefficient (Wildman–Crippen LogP) is 0.805. The lowest BCUT2D eigenvalue weighted by Crippen LogP contribution is -2.62. The van der Waals surface area contributed by atoms with Crippen molar-refractivity contribution in [1.29, 1.82) is 0 Å². The summed E-state index contributed by atoms with van der Waals surface area (Å²) in [7, 11) is 3.57. The van der Waals surface area contributed by atoms with Gasteiger partial charge in [-0.15, -0.1) is 0 Å². The number of amides is 1. The normalized spacial score (nSPS) is 32.7. The van der Waals surface area contributed by atoms with Crippen molar-refractivity contribution in [3.05, 3.63) is 24.0 Å². The molecule has 5 nitrogen and oxygen atoms in total. The summed E-state index contributed by atoms with van der Waals surface area (Å²) in [5.74, 6) is 0.718. The highest BCUT2D eigenvalue weighted by molar-refractivity contribution is 5.93. The van der Waals surface area contributed by atoms with E-state index in [2.05, 4.69) is 5.32 Å². The second-order valence-electron chi connectivity index (χ2n) is 5.41. The van der Waals surface area contributed by atoms with E-state index in [9.17, 15) is 4.79 Å². The van der Waals surface area contributed by atoms with Crippen molar-refractivity contribution in [1.82, 2.24) is 9.88 Å². The van der Waals surface area contributed by atoms with Gasteiger partial charge in [-0.2, -0.15) is 0 Å². The van der Waals surface area contributed by atoms with Crippen molar-refractivity contribution >= 4 is 5.91 Å². The summed E-state index contributed by atoms with van der Waals surface area (Å²) in [5.41, 5.74) is 0.693. The number of methoxy groups -OCH3 is 1. The molecule has 2 fully saturated rings. The van der Waals surface area contributed by atoms with Crippen LogP contribution in [-0.2, 0) is 16.5 Å². The van der Waals surface area contributed by atoms with Crippen molar-refractivity contribution in [3.63, 3.8) is 0 Å². The van der Waals surface area contributed by atoms with E-state index >= 15 is 0 Å². The summed E-state index contributed by atoms with van der Waals surface area (Å²) in [6.45, 7) is 1.44. The molecule has 5 heteroatoms. The van der Waals surface area contributed by atoms with E-state index in [1.807, 2.05) is 29.9 Å². The van der Waals surface area contributed by atoms with Gasteiger partial charge in [-0.3, -0.25) is 4.79 Å². The number of aryl methyl sites for hydroxylation is 1. The molecule has 1 amide bonds. The first-order chi connectivity index (χ1) is 9.22. The van der Waals surface area contributed by atoms with E-state index in [0.29, 0.717) is 18.2 Å². The fourth-order valence-electron chi connectivity index (χ4n) is 3.36. The monoisotopic (exact) mass is 264 g/mol. The Morgan fingerprint density at radius 2 is 2.47 bits per heavy atom. The first-order valence-corrected chi connectivity index (χ1v) is 6.75. The highest BCUT2D eigenvalue weighted by Gasteiger charge is 2.54. The molecule has 4 atom stereocenters. The third-order valence-electron chi connectivity index (χ3n) is 4.36. The number of aromatic nitrogens is 1. The van der Waals surface area contributed by atoms with Gasteiger partial charge >= 0.3 is 0 Å². The number of fused-ring (bicyclic) bond motifs is 1. The van der Waals surface area contributed by atoms with Crippen molar-refractivity contribution in [2.45, 2.75) is 18.6 Å². The van der Waals surface area contributed by atoms with Crippen molar-refractivity contribution in [2.24, 2.45) is 18.9 Å². The van der Waals surface area contributed by atoms with Gasteiger partial charge < -0.3 is 19.4 Å². The fraction of sp³-hybridized carbons (Fsp3) is 0.643. The van der Waals surface area contributed by atoms with Gasteiger partial charge in [0.2, 0.25) is 0 Å². The Bertz CT molecular complexity index is 471. The first-order valence-electron chi connectivity index (χ1n) is 6.75. The van der Waals surface area contributed by atoms with Gasteiger partial charge in [0.25, 0.3) is 5.91 Å². The van der Waals surface area contributed by atoms with Crippen molar-refractivity contribution in [2.75, 3.05) is 20.3 Å². The van der Waals surface area contributed by atoms with E-state index in [4.69, 9.17) is 9.47 Å². The van der Waals surface area contributed by atoms with Crippen LogP contribution in [0.4, 0.5) is 0 Å². The quantitative estimate of drug-likeness (QED) is 0.875. The molecule has 1 aliphatic heterocycles.